The Labute approximate surface area is 102 Å². The molecule has 1 aliphatic heterocycles. The molecule has 2 atom stereocenters. The lowest BCUT2D eigenvalue weighted by Crippen LogP contribution is -2.32. The van der Waals surface area contributed by atoms with Crippen LogP contribution in [0, 0.1) is 17.7 Å². The molecule has 1 heterocycles. The Kier molecular flexibility index (Phi) is 3.10. The van der Waals surface area contributed by atoms with Gasteiger partial charge in [0.25, 0.3) is 0 Å². The van der Waals surface area contributed by atoms with Gasteiger partial charge >= 0.3 is 0 Å². The smallest absolute Gasteiger partial charge is 0.239 e. The summed E-state index contributed by atoms with van der Waals surface area (Å²) in [5.74, 6) is -3.99. The lowest BCUT2D eigenvalue weighted by atomic mass is 9.96. The van der Waals surface area contributed by atoms with Crippen LogP contribution in [0.5, 0.6) is 0 Å². The minimum atomic E-state index is -1.07. The topological polar surface area (TPSA) is 75.3 Å². The number of carbonyl (C=O) groups excluding carboxylic acids is 3. The van der Waals surface area contributed by atoms with Gasteiger partial charge in [-0.2, -0.15) is 0 Å². The average molecular weight is 250 g/mol. The third-order valence-corrected chi connectivity index (χ3v) is 2.82. The largest absolute Gasteiger partial charge is 0.325 e. The minimum absolute atomic E-state index is 0.249. The normalized spacial score (nSPS) is 22.8. The zero-order chi connectivity index (χ0) is 13.3. The third-order valence-electron chi connectivity index (χ3n) is 2.82. The van der Waals surface area contributed by atoms with Crippen molar-refractivity contribution in [3.63, 3.8) is 0 Å². The third kappa shape index (κ3) is 2.22. The molecule has 0 radical (unpaired) electrons. The van der Waals surface area contributed by atoms with Crippen molar-refractivity contribution in [2.45, 2.75) is 6.92 Å². The monoisotopic (exact) mass is 250 g/mol. The highest BCUT2D eigenvalue weighted by atomic mass is 19.1. The van der Waals surface area contributed by atoms with Crippen LogP contribution in [0.1, 0.15) is 6.92 Å². The van der Waals surface area contributed by atoms with Crippen LogP contribution in [0.3, 0.4) is 0 Å². The van der Waals surface area contributed by atoms with Crippen LogP contribution in [-0.4, -0.2) is 17.7 Å². The van der Waals surface area contributed by atoms with Gasteiger partial charge in [0.2, 0.25) is 17.7 Å². The van der Waals surface area contributed by atoms with Crippen molar-refractivity contribution in [1.29, 1.82) is 0 Å². The molecule has 2 rings (SSSR count). The van der Waals surface area contributed by atoms with Gasteiger partial charge in [0.1, 0.15) is 11.7 Å². The van der Waals surface area contributed by atoms with Crippen molar-refractivity contribution in [2.75, 3.05) is 5.32 Å². The fraction of sp³-hybridized carbons (Fsp3) is 0.250. The molecule has 18 heavy (non-hydrogen) atoms. The van der Waals surface area contributed by atoms with E-state index in [4.69, 9.17) is 0 Å². The molecule has 0 aromatic heterocycles. The summed E-state index contributed by atoms with van der Waals surface area (Å²) in [6, 6.07) is 5.32. The highest BCUT2D eigenvalue weighted by molar-refractivity contribution is 6.17. The summed E-state index contributed by atoms with van der Waals surface area (Å²) in [5, 5.41) is 4.50. The number of hydrogen-bond acceptors (Lipinski definition) is 3. The zero-order valence-electron chi connectivity index (χ0n) is 9.57. The molecule has 1 aromatic carbocycles. The summed E-state index contributed by atoms with van der Waals surface area (Å²) < 4.78 is 12.9. The Balaban J connectivity index is 2.13. The van der Waals surface area contributed by atoms with E-state index in [1.54, 1.807) is 0 Å². The standard InChI is InChI=1S/C12H11FN2O3/c1-6-9(12(18)15-10(6)16)11(17)14-8-4-2-3-7(13)5-8/h2-6,9H,1H3,(H,14,17)(H,15,16,18). The first kappa shape index (κ1) is 12.2. The number of amides is 3. The first-order chi connectivity index (χ1) is 8.49. The van der Waals surface area contributed by atoms with Crippen LogP contribution in [0.25, 0.3) is 0 Å². The molecule has 5 nitrogen and oxygen atoms in total. The quantitative estimate of drug-likeness (QED) is 0.598. The molecular formula is C12H11FN2O3. The van der Waals surface area contributed by atoms with Crippen LogP contribution in [0.15, 0.2) is 24.3 Å². The van der Waals surface area contributed by atoms with E-state index in [1.165, 1.54) is 25.1 Å². The van der Waals surface area contributed by atoms with Gasteiger partial charge in [-0.05, 0) is 18.2 Å². The molecule has 1 saturated heterocycles. The second-order valence-corrected chi connectivity index (χ2v) is 4.12. The number of anilines is 1. The van der Waals surface area contributed by atoms with Gasteiger partial charge in [0.15, 0.2) is 0 Å². The second-order valence-electron chi connectivity index (χ2n) is 4.12. The fourth-order valence-corrected chi connectivity index (χ4v) is 1.82. The van der Waals surface area contributed by atoms with E-state index in [-0.39, 0.29) is 5.69 Å². The molecule has 94 valence electrons. The van der Waals surface area contributed by atoms with E-state index < -0.39 is 35.4 Å². The van der Waals surface area contributed by atoms with Crippen molar-refractivity contribution in [1.82, 2.24) is 5.32 Å². The molecule has 0 spiro atoms. The van der Waals surface area contributed by atoms with Crippen LogP contribution in [-0.2, 0) is 14.4 Å². The molecule has 2 unspecified atom stereocenters. The maximum absolute atomic E-state index is 12.9. The molecule has 2 N–H and O–H groups in total. The first-order valence-corrected chi connectivity index (χ1v) is 5.40. The summed E-state index contributed by atoms with van der Waals surface area (Å²) in [5.41, 5.74) is 0.249. The summed E-state index contributed by atoms with van der Waals surface area (Å²) in [7, 11) is 0. The Hall–Kier alpha value is -2.24. The van der Waals surface area contributed by atoms with Gasteiger partial charge in [-0.3, -0.25) is 19.7 Å². The Morgan fingerprint density at radius 2 is 2.06 bits per heavy atom. The highest BCUT2D eigenvalue weighted by Gasteiger charge is 2.43. The highest BCUT2D eigenvalue weighted by Crippen LogP contribution is 2.21. The van der Waals surface area contributed by atoms with E-state index in [9.17, 15) is 18.8 Å². The number of hydrogen-bond donors (Lipinski definition) is 2. The number of halogens is 1. The van der Waals surface area contributed by atoms with Gasteiger partial charge in [-0.1, -0.05) is 13.0 Å². The number of nitrogens with one attached hydrogen (secondary N) is 2. The van der Waals surface area contributed by atoms with E-state index in [1.807, 2.05) is 0 Å². The van der Waals surface area contributed by atoms with E-state index >= 15 is 0 Å². The van der Waals surface area contributed by atoms with Crippen molar-refractivity contribution in [3.8, 4) is 0 Å². The van der Waals surface area contributed by atoms with Crippen LogP contribution in [0.2, 0.25) is 0 Å². The predicted octanol–water partition coefficient (Wildman–Crippen LogP) is 0.673. The van der Waals surface area contributed by atoms with E-state index in [2.05, 4.69) is 10.6 Å². The van der Waals surface area contributed by atoms with Gasteiger partial charge in [-0.25, -0.2) is 4.39 Å². The maximum Gasteiger partial charge on any atom is 0.239 e. The fourth-order valence-electron chi connectivity index (χ4n) is 1.82. The van der Waals surface area contributed by atoms with E-state index in [0.29, 0.717) is 0 Å². The molecule has 3 amide bonds. The number of imide groups is 1. The molecule has 0 saturated carbocycles. The zero-order valence-corrected chi connectivity index (χ0v) is 9.57. The summed E-state index contributed by atoms with van der Waals surface area (Å²) in [4.78, 5) is 34.5. The van der Waals surface area contributed by atoms with Crippen LogP contribution >= 0.6 is 0 Å². The predicted molar refractivity (Wildman–Crippen MR) is 60.8 cm³/mol. The summed E-state index contributed by atoms with van der Waals surface area (Å²) in [6.07, 6.45) is 0. The number of benzene rings is 1. The maximum atomic E-state index is 12.9. The van der Waals surface area contributed by atoms with Crippen molar-refractivity contribution in [3.05, 3.63) is 30.1 Å². The lowest BCUT2D eigenvalue weighted by molar-refractivity contribution is -0.131. The minimum Gasteiger partial charge on any atom is -0.325 e. The average Bonchev–Trinajstić information content (AvgIpc) is 2.53. The molecule has 6 heteroatoms. The van der Waals surface area contributed by atoms with Gasteiger partial charge in [0, 0.05) is 5.69 Å². The molecule has 1 aliphatic rings. The van der Waals surface area contributed by atoms with Gasteiger partial charge in [-0.15, -0.1) is 0 Å². The number of carbonyl (C=O) groups is 3. The molecule has 1 aromatic rings. The lowest BCUT2D eigenvalue weighted by Gasteiger charge is -2.11. The van der Waals surface area contributed by atoms with Crippen molar-refractivity contribution >= 4 is 23.4 Å². The Morgan fingerprint density at radius 3 is 2.61 bits per heavy atom. The van der Waals surface area contributed by atoms with Crippen LogP contribution in [0.4, 0.5) is 10.1 Å². The van der Waals surface area contributed by atoms with Gasteiger partial charge < -0.3 is 5.32 Å². The van der Waals surface area contributed by atoms with E-state index in [0.717, 1.165) is 6.07 Å². The van der Waals surface area contributed by atoms with Crippen molar-refractivity contribution < 1.29 is 18.8 Å². The molecule has 0 aliphatic carbocycles. The Bertz CT molecular complexity index is 530. The van der Waals surface area contributed by atoms with Crippen molar-refractivity contribution in [2.24, 2.45) is 11.8 Å². The number of rotatable bonds is 2. The summed E-state index contributed by atoms with van der Waals surface area (Å²) in [6.45, 7) is 1.50. The SMILES string of the molecule is CC1C(=O)NC(=O)C1C(=O)Nc1cccc(F)c1. The molecule has 0 bridgehead atoms. The Morgan fingerprint density at radius 1 is 1.33 bits per heavy atom. The molecular weight excluding hydrogens is 239 g/mol. The van der Waals surface area contributed by atoms with Crippen LogP contribution < -0.4 is 10.6 Å². The molecule has 1 fully saturated rings. The summed E-state index contributed by atoms with van der Waals surface area (Å²) >= 11 is 0. The first-order valence-electron chi connectivity index (χ1n) is 5.40. The van der Waals surface area contributed by atoms with Gasteiger partial charge in [0.05, 0.1) is 5.92 Å². The second kappa shape index (κ2) is 4.56.